The number of thiazole rings is 1. The van der Waals surface area contributed by atoms with Gasteiger partial charge >= 0.3 is 5.97 Å². The molecule has 3 aromatic heterocycles. The molecule has 1 amide bonds. The van der Waals surface area contributed by atoms with Gasteiger partial charge in [0.1, 0.15) is 11.3 Å². The number of pyridine rings is 1. The fourth-order valence-electron chi connectivity index (χ4n) is 3.96. The third-order valence-corrected chi connectivity index (χ3v) is 6.38. The number of carbonyl (C=O) groups is 3. The van der Waals surface area contributed by atoms with Crippen LogP contribution in [0.25, 0.3) is 16.7 Å². The van der Waals surface area contributed by atoms with Crippen molar-refractivity contribution in [3.63, 3.8) is 0 Å². The van der Waals surface area contributed by atoms with Crippen LogP contribution in [0.2, 0.25) is 0 Å². The molecule has 0 saturated carbocycles. The number of hydrogen-bond acceptors (Lipinski definition) is 10. The zero-order valence-corrected chi connectivity index (χ0v) is 18.6. The number of ketones is 1. The topological polar surface area (TPSA) is 127 Å². The van der Waals surface area contributed by atoms with Crippen LogP contribution in [0.4, 0.5) is 0 Å². The molecule has 2 aliphatic rings. The maximum atomic E-state index is 13.1. The van der Waals surface area contributed by atoms with Crippen LogP contribution >= 0.6 is 11.3 Å². The summed E-state index contributed by atoms with van der Waals surface area (Å²) in [5, 5.41) is 2.88. The first-order valence-electron chi connectivity index (χ1n) is 10.1. The van der Waals surface area contributed by atoms with E-state index in [1.807, 2.05) is 4.90 Å². The van der Waals surface area contributed by atoms with Gasteiger partial charge in [0, 0.05) is 44.0 Å². The smallest absolute Gasteiger partial charge is 0.364 e. The lowest BCUT2D eigenvalue weighted by Gasteiger charge is -2.38. The molecule has 0 aliphatic carbocycles. The number of methoxy groups -OCH3 is 2. The third-order valence-electron chi connectivity index (χ3n) is 5.60. The maximum absolute atomic E-state index is 13.1. The minimum absolute atomic E-state index is 0.186. The number of hydrogen-bond donors (Lipinski definition) is 1. The lowest BCUT2D eigenvalue weighted by Crippen LogP contribution is -2.52. The van der Waals surface area contributed by atoms with Crippen molar-refractivity contribution in [2.24, 2.45) is 0 Å². The predicted octanol–water partition coefficient (Wildman–Crippen LogP) is 1.29. The summed E-state index contributed by atoms with van der Waals surface area (Å²) in [6.45, 7) is 1.37. The van der Waals surface area contributed by atoms with Crippen LogP contribution in [0.1, 0.15) is 15.4 Å². The molecule has 0 atom stereocenters. The molecule has 11 nitrogen and oxygen atoms in total. The highest BCUT2D eigenvalue weighted by Gasteiger charge is 2.39. The van der Waals surface area contributed by atoms with Crippen molar-refractivity contribution < 1.29 is 28.6 Å². The molecule has 170 valence electrons. The van der Waals surface area contributed by atoms with E-state index >= 15 is 0 Å². The Hall–Kier alpha value is -3.93. The van der Waals surface area contributed by atoms with Gasteiger partial charge in [-0.15, -0.1) is 11.3 Å². The van der Waals surface area contributed by atoms with E-state index in [4.69, 9.17) is 14.2 Å². The number of nitrogens with one attached hydrogen (secondary N) is 1. The number of cyclic esters (lactones) is 1. The van der Waals surface area contributed by atoms with Gasteiger partial charge in [0.05, 0.1) is 31.4 Å². The summed E-state index contributed by atoms with van der Waals surface area (Å²) in [4.78, 5) is 52.8. The Bertz CT molecular complexity index is 1290. The molecule has 0 spiro atoms. The Kier molecular flexibility index (Phi) is 5.21. The SMILES string of the molecule is COc1ncc(OC)c2c(C(=O)C(=O)N3CCN(C4=C(c5nccs5)OC4=O)CC3)c[nH]c12. The van der Waals surface area contributed by atoms with Crippen LogP contribution in [0, 0.1) is 0 Å². The fraction of sp³-hybridized carbons (Fsp3) is 0.286. The molecule has 0 aromatic carbocycles. The number of carbonyl (C=O) groups excluding carboxylic acids is 3. The number of H-pyrrole nitrogens is 1. The van der Waals surface area contributed by atoms with E-state index in [-0.39, 0.29) is 18.7 Å². The number of aromatic amines is 1. The summed E-state index contributed by atoms with van der Waals surface area (Å²) in [7, 11) is 2.93. The number of nitrogens with zero attached hydrogens (tertiary/aromatic N) is 4. The first-order chi connectivity index (χ1) is 16.0. The minimum atomic E-state index is -0.660. The summed E-state index contributed by atoms with van der Waals surface area (Å²) in [5.74, 6) is -0.588. The fourth-order valence-corrected chi connectivity index (χ4v) is 4.58. The van der Waals surface area contributed by atoms with Crippen LogP contribution in [0.3, 0.4) is 0 Å². The van der Waals surface area contributed by atoms with Crippen LogP contribution < -0.4 is 9.47 Å². The number of fused-ring (bicyclic) bond motifs is 1. The average Bonchev–Trinajstić information content (AvgIpc) is 3.52. The molecule has 1 N–H and O–H groups in total. The van der Waals surface area contributed by atoms with E-state index in [0.29, 0.717) is 52.1 Å². The van der Waals surface area contributed by atoms with Gasteiger partial charge in [0.15, 0.2) is 16.5 Å². The Morgan fingerprint density at radius 1 is 1.15 bits per heavy atom. The third kappa shape index (κ3) is 3.39. The van der Waals surface area contributed by atoms with E-state index in [2.05, 4.69) is 15.0 Å². The standard InChI is InChI=1S/C21H19N5O6S/c1-30-12-10-24-18(31-2)14-13(12)11(9-23-14)16(27)20(28)26-6-4-25(5-7-26)15-17(32-21(15)29)19-22-3-8-33-19/h3,8-10,23H,4-7H2,1-2H3. The number of aromatic nitrogens is 3. The molecule has 3 aromatic rings. The van der Waals surface area contributed by atoms with Crippen molar-refractivity contribution in [3.05, 3.63) is 40.2 Å². The van der Waals surface area contributed by atoms with Crippen molar-refractivity contribution >= 4 is 45.7 Å². The van der Waals surface area contributed by atoms with Gasteiger partial charge in [-0.05, 0) is 0 Å². The van der Waals surface area contributed by atoms with Crippen molar-refractivity contribution in [3.8, 4) is 11.6 Å². The predicted molar refractivity (Wildman–Crippen MR) is 117 cm³/mol. The lowest BCUT2D eigenvalue weighted by atomic mass is 10.1. The zero-order chi connectivity index (χ0) is 23.1. The van der Waals surface area contributed by atoms with Crippen LogP contribution in [0.5, 0.6) is 11.6 Å². The largest absolute Gasteiger partial charge is 0.494 e. The summed E-state index contributed by atoms with van der Waals surface area (Å²) in [5.41, 5.74) is 1.12. The van der Waals surface area contributed by atoms with Gasteiger partial charge in [-0.25, -0.2) is 14.8 Å². The van der Waals surface area contributed by atoms with E-state index < -0.39 is 17.7 Å². The molecular formula is C21H19N5O6S. The summed E-state index contributed by atoms with van der Waals surface area (Å²) in [6.07, 6.45) is 4.55. The van der Waals surface area contributed by atoms with Crippen molar-refractivity contribution in [1.82, 2.24) is 24.8 Å². The second-order valence-electron chi connectivity index (χ2n) is 7.30. The Labute approximate surface area is 191 Å². The number of Topliss-reactive ketones (excluding diaryl/α,β-unsaturated/α-hetero) is 1. The number of piperazine rings is 1. The van der Waals surface area contributed by atoms with Crippen LogP contribution in [-0.4, -0.2) is 82.8 Å². The average molecular weight is 469 g/mol. The van der Waals surface area contributed by atoms with Gasteiger partial charge in [0.2, 0.25) is 5.88 Å². The van der Waals surface area contributed by atoms with E-state index in [1.165, 1.54) is 42.8 Å². The zero-order valence-electron chi connectivity index (χ0n) is 17.8. The Morgan fingerprint density at radius 3 is 2.58 bits per heavy atom. The first-order valence-corrected chi connectivity index (χ1v) is 10.9. The van der Waals surface area contributed by atoms with Gasteiger partial charge in [0.25, 0.3) is 11.7 Å². The number of esters is 1. The summed E-state index contributed by atoms with van der Waals surface area (Å²) >= 11 is 1.38. The number of ether oxygens (including phenoxy) is 3. The summed E-state index contributed by atoms with van der Waals surface area (Å²) in [6, 6.07) is 0. The molecule has 5 heterocycles. The summed E-state index contributed by atoms with van der Waals surface area (Å²) < 4.78 is 15.7. The van der Waals surface area contributed by atoms with Gasteiger partial charge in [-0.3, -0.25) is 9.59 Å². The minimum Gasteiger partial charge on any atom is -0.494 e. The first kappa shape index (κ1) is 20.9. The van der Waals surface area contributed by atoms with Gasteiger partial charge in [-0.1, -0.05) is 0 Å². The molecular weight excluding hydrogens is 450 g/mol. The number of amides is 1. The molecule has 33 heavy (non-hydrogen) atoms. The van der Waals surface area contributed by atoms with E-state index in [0.717, 1.165) is 0 Å². The monoisotopic (exact) mass is 469 g/mol. The second kappa shape index (κ2) is 8.20. The molecule has 1 saturated heterocycles. The molecule has 2 aliphatic heterocycles. The quantitative estimate of drug-likeness (QED) is 0.323. The Morgan fingerprint density at radius 2 is 1.94 bits per heavy atom. The van der Waals surface area contributed by atoms with Crippen molar-refractivity contribution in [2.45, 2.75) is 0 Å². The normalized spacial score (nSPS) is 16.0. The highest BCUT2D eigenvalue weighted by Crippen LogP contribution is 2.35. The Balaban J connectivity index is 1.33. The maximum Gasteiger partial charge on any atom is 0.364 e. The molecule has 12 heteroatoms. The van der Waals surface area contributed by atoms with Crippen molar-refractivity contribution in [2.75, 3.05) is 40.4 Å². The van der Waals surface area contributed by atoms with Gasteiger partial charge in [-0.2, -0.15) is 0 Å². The molecule has 0 unspecified atom stereocenters. The molecule has 0 bridgehead atoms. The molecule has 1 fully saturated rings. The molecule has 5 rings (SSSR count). The van der Waals surface area contributed by atoms with Gasteiger partial charge < -0.3 is 29.0 Å². The highest BCUT2D eigenvalue weighted by atomic mass is 32.1. The van der Waals surface area contributed by atoms with E-state index in [9.17, 15) is 14.4 Å². The highest BCUT2D eigenvalue weighted by molar-refractivity contribution is 7.10. The molecule has 0 radical (unpaired) electrons. The number of rotatable bonds is 6. The van der Waals surface area contributed by atoms with Crippen molar-refractivity contribution in [1.29, 1.82) is 0 Å². The lowest BCUT2D eigenvalue weighted by molar-refractivity contribution is -0.139. The second-order valence-corrected chi connectivity index (χ2v) is 8.20. The van der Waals surface area contributed by atoms with Crippen LogP contribution in [0.15, 0.2) is 29.7 Å². The van der Waals surface area contributed by atoms with E-state index in [1.54, 1.807) is 11.6 Å². The van der Waals surface area contributed by atoms with Crippen LogP contribution in [-0.2, 0) is 14.3 Å².